The molecule has 0 aliphatic heterocycles. The van der Waals surface area contributed by atoms with Crippen LogP contribution in [0.1, 0.15) is 48.8 Å². The first-order valence-electron chi connectivity index (χ1n) is 11.7. The van der Waals surface area contributed by atoms with Gasteiger partial charge in [0, 0.05) is 14.1 Å². The fraction of sp³-hybridized carbons (Fsp3) is 0.310. The molecule has 3 rings (SSSR count). The first-order chi connectivity index (χ1) is 17.1. The molecular weight excluding hydrogens is 467 g/mol. The molecule has 0 heterocycles. The van der Waals surface area contributed by atoms with E-state index in [0.29, 0.717) is 0 Å². The van der Waals surface area contributed by atoms with Crippen molar-refractivity contribution in [2.45, 2.75) is 44.7 Å². The molecule has 36 heavy (non-hydrogen) atoms. The minimum Gasteiger partial charge on any atom is -0.475 e. The molecule has 0 aliphatic rings. The van der Waals surface area contributed by atoms with Crippen molar-refractivity contribution in [2.24, 2.45) is 0 Å². The summed E-state index contributed by atoms with van der Waals surface area (Å²) in [4.78, 5) is 22.9. The van der Waals surface area contributed by atoms with Gasteiger partial charge < -0.3 is 10.0 Å². The molecule has 3 aromatic carbocycles. The molecule has 194 valence electrons. The number of aryl methyl sites for hydroxylation is 1. The van der Waals surface area contributed by atoms with Crippen molar-refractivity contribution >= 4 is 11.9 Å². The van der Waals surface area contributed by atoms with E-state index in [9.17, 15) is 18.0 Å². The van der Waals surface area contributed by atoms with Crippen molar-refractivity contribution in [3.8, 4) is 0 Å². The van der Waals surface area contributed by atoms with Crippen LogP contribution in [0.2, 0.25) is 0 Å². The molecule has 0 atom stereocenters. The van der Waals surface area contributed by atoms with Crippen LogP contribution in [0.25, 0.3) is 0 Å². The molecule has 1 amide bonds. The average molecular weight is 502 g/mol. The van der Waals surface area contributed by atoms with Crippen LogP contribution in [0.15, 0.2) is 91.0 Å². The molecule has 4 nitrogen and oxygen atoms in total. The third-order valence-corrected chi connectivity index (χ3v) is 5.11. The van der Waals surface area contributed by atoms with Crippen LogP contribution in [-0.4, -0.2) is 42.2 Å². The Bertz CT molecular complexity index is 969. The predicted octanol–water partition coefficient (Wildman–Crippen LogP) is 6.96. The highest BCUT2D eigenvalue weighted by Gasteiger charge is 2.38. The maximum Gasteiger partial charge on any atom is 0.490 e. The quantitative estimate of drug-likeness (QED) is 0.356. The van der Waals surface area contributed by atoms with Gasteiger partial charge in [-0.2, -0.15) is 13.2 Å². The van der Waals surface area contributed by atoms with Gasteiger partial charge in [-0.15, -0.1) is 0 Å². The molecule has 0 bridgehead atoms. The third kappa shape index (κ3) is 11.7. The zero-order valence-electron chi connectivity index (χ0n) is 20.9. The maximum atomic E-state index is 12.4. The lowest BCUT2D eigenvalue weighted by Crippen LogP contribution is -2.28. The highest BCUT2D eigenvalue weighted by Crippen LogP contribution is 2.26. The van der Waals surface area contributed by atoms with Crippen molar-refractivity contribution in [3.63, 3.8) is 0 Å². The Morgan fingerprint density at radius 1 is 0.778 bits per heavy atom. The third-order valence-electron chi connectivity index (χ3n) is 5.11. The number of halogens is 3. The van der Waals surface area contributed by atoms with Crippen LogP contribution >= 0.6 is 0 Å². The zero-order chi connectivity index (χ0) is 27.0. The molecule has 0 aromatic heterocycles. The summed E-state index contributed by atoms with van der Waals surface area (Å²) in [6.45, 7) is 2.24. The topological polar surface area (TPSA) is 57.6 Å². The number of carbonyl (C=O) groups excluding carboxylic acids is 1. The summed E-state index contributed by atoms with van der Waals surface area (Å²) in [7, 11) is 3.59. The highest BCUT2D eigenvalue weighted by atomic mass is 19.4. The average Bonchev–Trinajstić information content (AvgIpc) is 2.86. The number of carboxylic acids is 1. The molecule has 7 heteroatoms. The second-order valence-electron chi connectivity index (χ2n) is 8.23. The molecule has 3 aromatic rings. The number of benzene rings is 3. The maximum absolute atomic E-state index is 12.4. The van der Waals surface area contributed by atoms with Gasteiger partial charge in [-0.05, 0) is 29.5 Å². The number of hydrogen-bond donors (Lipinski definition) is 1. The Balaban J connectivity index is 0.000000306. The van der Waals surface area contributed by atoms with Crippen LogP contribution in [0.3, 0.4) is 0 Å². The number of amides is 1. The molecule has 1 N–H and O–H groups in total. The van der Waals surface area contributed by atoms with E-state index in [1.165, 1.54) is 31.2 Å². The number of alkyl halides is 3. The summed E-state index contributed by atoms with van der Waals surface area (Å²) in [6, 6.07) is 30.5. The molecule has 0 saturated carbocycles. The molecular formula is C29H34F3NO3. The van der Waals surface area contributed by atoms with E-state index in [2.05, 4.69) is 37.3 Å². The Hall–Kier alpha value is -3.61. The summed E-state index contributed by atoms with van der Waals surface area (Å²) >= 11 is 0. The Kier molecular flexibility index (Phi) is 13.6. The Morgan fingerprint density at radius 2 is 1.17 bits per heavy atom. The number of unbranched alkanes of at least 4 members (excludes halogenated alkanes) is 2. The van der Waals surface area contributed by atoms with E-state index in [-0.39, 0.29) is 11.8 Å². The molecule has 0 fully saturated rings. The van der Waals surface area contributed by atoms with Gasteiger partial charge in [0.1, 0.15) is 0 Å². The molecule has 0 unspecified atom stereocenters. The van der Waals surface area contributed by atoms with E-state index < -0.39 is 12.1 Å². The number of likely N-dealkylation sites (N-methyl/N-ethyl adjacent to an activating group) is 1. The van der Waals surface area contributed by atoms with Gasteiger partial charge in [-0.3, -0.25) is 4.79 Å². The van der Waals surface area contributed by atoms with Gasteiger partial charge in [0.2, 0.25) is 5.91 Å². The van der Waals surface area contributed by atoms with Gasteiger partial charge >= 0.3 is 12.1 Å². The van der Waals surface area contributed by atoms with Crippen LogP contribution in [-0.2, 0) is 16.0 Å². The number of nitrogens with zero attached hydrogens (tertiary/aromatic N) is 1. The van der Waals surface area contributed by atoms with Crippen LogP contribution in [0, 0.1) is 0 Å². The van der Waals surface area contributed by atoms with Crippen molar-refractivity contribution in [1.82, 2.24) is 4.90 Å². The summed E-state index contributed by atoms with van der Waals surface area (Å²) in [6.07, 6.45) is 0.164. The fourth-order valence-electron chi connectivity index (χ4n) is 3.25. The highest BCUT2D eigenvalue weighted by molar-refractivity contribution is 5.86. The lowest BCUT2D eigenvalue weighted by molar-refractivity contribution is -0.192. The van der Waals surface area contributed by atoms with E-state index in [1.807, 2.05) is 60.7 Å². The van der Waals surface area contributed by atoms with E-state index in [0.717, 1.165) is 11.1 Å². The fourth-order valence-corrected chi connectivity index (χ4v) is 3.25. The standard InChI is InChI=1S/C16H17NO.C11H16.C2HF3O2/c1-17(2)16(18)15(13-9-5-3-6-10-13)14-11-7-4-8-12-14;1-2-3-5-8-11-9-6-4-7-10-11;3-2(4,5)1(6)7/h3-12,15H,1-2H3;4,6-7,9-10H,2-3,5,8H2,1H3;(H,6,7). The van der Waals surface area contributed by atoms with Crippen LogP contribution < -0.4 is 0 Å². The van der Waals surface area contributed by atoms with E-state index in [4.69, 9.17) is 9.90 Å². The SMILES string of the molecule is CCCCCc1ccccc1.CN(C)C(=O)C(c1ccccc1)c1ccccc1.O=C(O)C(F)(F)F. The van der Waals surface area contributed by atoms with E-state index in [1.54, 1.807) is 19.0 Å². The van der Waals surface area contributed by atoms with Gasteiger partial charge in [0.05, 0.1) is 5.92 Å². The number of rotatable bonds is 7. The van der Waals surface area contributed by atoms with Gasteiger partial charge in [0.25, 0.3) is 0 Å². The Labute approximate surface area is 211 Å². The van der Waals surface area contributed by atoms with Crippen LogP contribution in [0.5, 0.6) is 0 Å². The molecule has 0 radical (unpaired) electrons. The van der Waals surface area contributed by atoms with Gasteiger partial charge in [-0.25, -0.2) is 4.79 Å². The van der Waals surface area contributed by atoms with E-state index >= 15 is 0 Å². The largest absolute Gasteiger partial charge is 0.490 e. The Morgan fingerprint density at radius 3 is 1.50 bits per heavy atom. The summed E-state index contributed by atoms with van der Waals surface area (Å²) in [5.41, 5.74) is 3.53. The van der Waals surface area contributed by atoms with Gasteiger partial charge in [0.15, 0.2) is 0 Å². The minimum atomic E-state index is -5.08. The van der Waals surface area contributed by atoms with Crippen molar-refractivity contribution in [2.75, 3.05) is 14.1 Å². The summed E-state index contributed by atoms with van der Waals surface area (Å²) < 4.78 is 31.7. The first kappa shape index (κ1) is 30.4. The molecule has 0 spiro atoms. The predicted molar refractivity (Wildman–Crippen MR) is 137 cm³/mol. The minimum absolute atomic E-state index is 0.104. The smallest absolute Gasteiger partial charge is 0.475 e. The second kappa shape index (κ2) is 16.1. The second-order valence-corrected chi connectivity index (χ2v) is 8.23. The number of aliphatic carboxylic acids is 1. The van der Waals surface area contributed by atoms with Crippen LogP contribution in [0.4, 0.5) is 13.2 Å². The zero-order valence-corrected chi connectivity index (χ0v) is 20.9. The van der Waals surface area contributed by atoms with Crippen molar-refractivity contribution < 1.29 is 27.9 Å². The molecule has 0 saturated heterocycles. The van der Waals surface area contributed by atoms with Crippen molar-refractivity contribution in [1.29, 1.82) is 0 Å². The summed E-state index contributed by atoms with van der Waals surface area (Å²) in [5.74, 6) is -2.87. The monoisotopic (exact) mass is 501 g/mol. The van der Waals surface area contributed by atoms with Crippen molar-refractivity contribution in [3.05, 3.63) is 108 Å². The lowest BCUT2D eigenvalue weighted by atomic mass is 9.90. The number of hydrogen-bond acceptors (Lipinski definition) is 2. The van der Waals surface area contributed by atoms with Gasteiger partial charge in [-0.1, -0.05) is 111 Å². The number of carboxylic acid groups (broad SMARTS) is 1. The summed E-state index contributed by atoms with van der Waals surface area (Å²) in [5, 5.41) is 7.12. The lowest BCUT2D eigenvalue weighted by Gasteiger charge is -2.21. The molecule has 0 aliphatic carbocycles. The first-order valence-corrected chi connectivity index (χ1v) is 11.7. The number of carbonyl (C=O) groups is 2. The normalized spacial score (nSPS) is 10.4.